The highest BCUT2D eigenvalue weighted by Gasteiger charge is 2.31. The third kappa shape index (κ3) is 1.85. The molecule has 3 heteroatoms. The number of hydrogen-bond acceptors (Lipinski definition) is 2. The van der Waals surface area contributed by atoms with Gasteiger partial charge in [-0.2, -0.15) is 0 Å². The van der Waals surface area contributed by atoms with Gasteiger partial charge < -0.3 is 10.2 Å². The van der Waals surface area contributed by atoms with Crippen molar-refractivity contribution in [3.63, 3.8) is 0 Å². The lowest BCUT2D eigenvalue weighted by atomic mass is 10.2. The fourth-order valence-electron chi connectivity index (χ4n) is 2.35. The van der Waals surface area contributed by atoms with Crippen LogP contribution in [0.3, 0.4) is 0 Å². The van der Waals surface area contributed by atoms with E-state index >= 15 is 0 Å². The highest BCUT2D eigenvalue weighted by atomic mass is 16.2. The molecule has 2 fully saturated rings. The van der Waals surface area contributed by atoms with Crippen LogP contribution in [0.5, 0.6) is 0 Å². The summed E-state index contributed by atoms with van der Waals surface area (Å²) >= 11 is 0. The Morgan fingerprint density at radius 3 is 2.54 bits per heavy atom. The summed E-state index contributed by atoms with van der Waals surface area (Å²) in [6.07, 6.45) is 6.16. The Morgan fingerprint density at radius 1 is 1.31 bits per heavy atom. The quantitative estimate of drug-likeness (QED) is 0.683. The Labute approximate surface area is 79.5 Å². The van der Waals surface area contributed by atoms with Crippen molar-refractivity contribution < 1.29 is 4.79 Å². The molecule has 0 radical (unpaired) electrons. The molecule has 1 saturated carbocycles. The van der Waals surface area contributed by atoms with Gasteiger partial charge in [0.25, 0.3) is 0 Å². The molecule has 0 aromatic rings. The lowest BCUT2D eigenvalue weighted by Crippen LogP contribution is -2.41. The number of nitrogens with zero attached hydrogens (tertiary/aromatic N) is 1. The Bertz CT molecular complexity index is 199. The number of rotatable bonds is 2. The Kier molecular flexibility index (Phi) is 2.54. The highest BCUT2D eigenvalue weighted by Crippen LogP contribution is 2.20. The van der Waals surface area contributed by atoms with Crippen molar-refractivity contribution in [1.82, 2.24) is 10.2 Å². The van der Waals surface area contributed by atoms with Crippen molar-refractivity contribution in [1.29, 1.82) is 0 Å². The van der Waals surface area contributed by atoms with Gasteiger partial charge in [-0.1, -0.05) is 12.8 Å². The molecule has 1 N–H and O–H groups in total. The first kappa shape index (κ1) is 9.00. The highest BCUT2D eigenvalue weighted by molar-refractivity contribution is 5.83. The van der Waals surface area contributed by atoms with Gasteiger partial charge in [0, 0.05) is 19.6 Å². The first-order valence-electron chi connectivity index (χ1n) is 5.28. The molecule has 1 aliphatic heterocycles. The van der Waals surface area contributed by atoms with Gasteiger partial charge in [-0.25, -0.2) is 0 Å². The van der Waals surface area contributed by atoms with Crippen molar-refractivity contribution in [2.75, 3.05) is 13.6 Å². The summed E-state index contributed by atoms with van der Waals surface area (Å²) in [4.78, 5) is 13.4. The molecule has 1 heterocycles. The average Bonchev–Trinajstić information content (AvgIpc) is 2.71. The third-order valence-corrected chi connectivity index (χ3v) is 3.22. The standard InChI is InChI=1S/C10H18N2O/c1-12-7-6-9(10(12)13)11-8-4-2-3-5-8/h8-9,11H,2-7H2,1H3. The summed E-state index contributed by atoms with van der Waals surface area (Å²) in [7, 11) is 1.89. The lowest BCUT2D eigenvalue weighted by molar-refractivity contribution is -0.128. The molecule has 1 unspecified atom stereocenters. The number of amides is 1. The molecule has 0 aromatic carbocycles. The van der Waals surface area contributed by atoms with Crippen LogP contribution in [0.1, 0.15) is 32.1 Å². The van der Waals surface area contributed by atoms with Crippen LogP contribution in [-0.2, 0) is 4.79 Å². The monoisotopic (exact) mass is 182 g/mol. The Morgan fingerprint density at radius 2 is 2.00 bits per heavy atom. The van der Waals surface area contributed by atoms with Gasteiger partial charge in [0.1, 0.15) is 0 Å². The van der Waals surface area contributed by atoms with E-state index in [0.29, 0.717) is 6.04 Å². The zero-order chi connectivity index (χ0) is 9.26. The topological polar surface area (TPSA) is 32.3 Å². The second kappa shape index (κ2) is 3.66. The molecule has 2 rings (SSSR count). The maximum Gasteiger partial charge on any atom is 0.239 e. The minimum atomic E-state index is 0.119. The zero-order valence-corrected chi connectivity index (χ0v) is 8.25. The van der Waals surface area contributed by atoms with Crippen molar-refractivity contribution in [3.05, 3.63) is 0 Å². The molecular formula is C10H18N2O. The summed E-state index contributed by atoms with van der Waals surface area (Å²) in [6, 6.07) is 0.730. The molecular weight excluding hydrogens is 164 g/mol. The smallest absolute Gasteiger partial charge is 0.239 e. The fraction of sp³-hybridized carbons (Fsp3) is 0.900. The second-order valence-electron chi connectivity index (χ2n) is 4.25. The van der Waals surface area contributed by atoms with Crippen LogP contribution in [0.2, 0.25) is 0 Å². The predicted molar refractivity (Wildman–Crippen MR) is 51.4 cm³/mol. The average molecular weight is 182 g/mol. The van der Waals surface area contributed by atoms with Gasteiger partial charge in [0.15, 0.2) is 0 Å². The number of likely N-dealkylation sites (N-methyl/N-ethyl adjacent to an activating group) is 1. The van der Waals surface area contributed by atoms with Crippen molar-refractivity contribution in [2.45, 2.75) is 44.2 Å². The van der Waals surface area contributed by atoms with Crippen LogP contribution in [0.25, 0.3) is 0 Å². The van der Waals surface area contributed by atoms with Gasteiger partial charge in [-0.15, -0.1) is 0 Å². The molecule has 2 aliphatic rings. The fourth-order valence-corrected chi connectivity index (χ4v) is 2.35. The van der Waals surface area contributed by atoms with Crippen LogP contribution in [0.15, 0.2) is 0 Å². The van der Waals surface area contributed by atoms with Crippen molar-refractivity contribution in [2.24, 2.45) is 0 Å². The van der Waals surface area contributed by atoms with Crippen LogP contribution >= 0.6 is 0 Å². The van der Waals surface area contributed by atoms with E-state index in [-0.39, 0.29) is 11.9 Å². The van der Waals surface area contributed by atoms with Gasteiger partial charge in [0.2, 0.25) is 5.91 Å². The molecule has 0 bridgehead atoms. The summed E-state index contributed by atoms with van der Waals surface area (Å²) in [5.41, 5.74) is 0. The first-order valence-corrected chi connectivity index (χ1v) is 5.28. The minimum absolute atomic E-state index is 0.119. The van der Waals surface area contributed by atoms with Gasteiger partial charge in [-0.3, -0.25) is 4.79 Å². The molecule has 74 valence electrons. The van der Waals surface area contributed by atoms with E-state index in [0.717, 1.165) is 13.0 Å². The van der Waals surface area contributed by atoms with Crippen molar-refractivity contribution >= 4 is 5.91 Å². The number of nitrogens with one attached hydrogen (secondary N) is 1. The number of carbonyl (C=O) groups excluding carboxylic acids is 1. The maximum atomic E-state index is 11.6. The molecule has 1 atom stereocenters. The number of hydrogen-bond donors (Lipinski definition) is 1. The predicted octanol–water partition coefficient (Wildman–Crippen LogP) is 0.749. The van der Waals surface area contributed by atoms with Gasteiger partial charge in [0.05, 0.1) is 6.04 Å². The first-order chi connectivity index (χ1) is 6.27. The Balaban J connectivity index is 1.84. The van der Waals surface area contributed by atoms with Crippen LogP contribution in [0, 0.1) is 0 Å². The third-order valence-electron chi connectivity index (χ3n) is 3.22. The normalized spacial score (nSPS) is 30.4. The van der Waals surface area contributed by atoms with E-state index in [4.69, 9.17) is 0 Å². The van der Waals surface area contributed by atoms with Crippen molar-refractivity contribution in [3.8, 4) is 0 Å². The summed E-state index contributed by atoms with van der Waals surface area (Å²) in [5, 5.41) is 3.47. The molecule has 1 saturated heterocycles. The van der Waals surface area contributed by atoms with Gasteiger partial charge in [-0.05, 0) is 19.3 Å². The van der Waals surface area contributed by atoms with E-state index in [9.17, 15) is 4.79 Å². The zero-order valence-electron chi connectivity index (χ0n) is 8.25. The largest absolute Gasteiger partial charge is 0.344 e. The maximum absolute atomic E-state index is 11.6. The Hall–Kier alpha value is -0.570. The second-order valence-corrected chi connectivity index (χ2v) is 4.25. The van der Waals surface area contributed by atoms with Crippen LogP contribution in [-0.4, -0.2) is 36.5 Å². The van der Waals surface area contributed by atoms with E-state index in [1.54, 1.807) is 0 Å². The van der Waals surface area contributed by atoms with E-state index in [1.165, 1.54) is 25.7 Å². The molecule has 1 amide bonds. The SMILES string of the molecule is CN1CCC(NC2CCCC2)C1=O. The number of likely N-dealkylation sites (tertiary alicyclic amines) is 1. The van der Waals surface area contributed by atoms with Crippen LogP contribution in [0.4, 0.5) is 0 Å². The van der Waals surface area contributed by atoms with Crippen LogP contribution < -0.4 is 5.32 Å². The summed E-state index contributed by atoms with van der Waals surface area (Å²) in [5.74, 6) is 0.284. The van der Waals surface area contributed by atoms with E-state index in [2.05, 4.69) is 5.32 Å². The molecule has 1 aliphatic carbocycles. The summed E-state index contributed by atoms with van der Waals surface area (Å²) in [6.45, 7) is 0.920. The summed E-state index contributed by atoms with van der Waals surface area (Å²) < 4.78 is 0. The molecule has 0 spiro atoms. The van der Waals surface area contributed by atoms with Gasteiger partial charge >= 0.3 is 0 Å². The van der Waals surface area contributed by atoms with E-state index < -0.39 is 0 Å². The molecule has 0 aromatic heterocycles. The molecule has 13 heavy (non-hydrogen) atoms. The number of carbonyl (C=O) groups is 1. The molecule has 3 nitrogen and oxygen atoms in total. The lowest BCUT2D eigenvalue weighted by Gasteiger charge is -2.17. The minimum Gasteiger partial charge on any atom is -0.344 e. The van der Waals surface area contributed by atoms with E-state index in [1.807, 2.05) is 11.9 Å².